The number of amides is 1. The van der Waals surface area contributed by atoms with Gasteiger partial charge < -0.3 is 4.74 Å². The van der Waals surface area contributed by atoms with Gasteiger partial charge >= 0.3 is 0 Å². The van der Waals surface area contributed by atoms with Crippen LogP contribution in [0.4, 0.5) is 0 Å². The number of nitrogens with zero attached hydrogens (tertiary/aromatic N) is 3. The Labute approximate surface area is 180 Å². The standard InChI is InChI=1S/C23H26N4O2S/c1-3-5-15-30-23-25-22(28)20-16-10-6-8-12-18(16)24-21(27(20)26-23)17-11-7-9-13-19(17)29-14-4-2/h6-13,21H,3-5,14-15H2,1-2H3,(H,25,26,28). The molecule has 0 spiro atoms. The largest absolute Gasteiger partial charge is 0.493 e. The minimum atomic E-state index is -0.462. The number of fused-ring (bicyclic) bond motifs is 2. The number of hydrazone groups is 1. The summed E-state index contributed by atoms with van der Waals surface area (Å²) >= 11 is 1.57. The van der Waals surface area contributed by atoms with Gasteiger partial charge in [-0.1, -0.05) is 68.4 Å². The third kappa shape index (κ3) is 4.07. The molecule has 2 heterocycles. The normalized spacial score (nSPS) is 17.5. The summed E-state index contributed by atoms with van der Waals surface area (Å²) in [7, 11) is 0. The Balaban J connectivity index is 1.83. The zero-order valence-electron chi connectivity index (χ0n) is 17.3. The molecule has 1 unspecified atom stereocenters. The lowest BCUT2D eigenvalue weighted by Crippen LogP contribution is -2.50. The first kappa shape index (κ1) is 20.5. The fourth-order valence-electron chi connectivity index (χ4n) is 3.45. The lowest BCUT2D eigenvalue weighted by Gasteiger charge is -2.34. The molecule has 2 aliphatic heterocycles. The van der Waals surface area contributed by atoms with E-state index >= 15 is 0 Å². The van der Waals surface area contributed by atoms with Crippen LogP contribution < -0.4 is 20.6 Å². The van der Waals surface area contributed by atoms with E-state index in [9.17, 15) is 4.79 Å². The average molecular weight is 423 g/mol. The van der Waals surface area contributed by atoms with Gasteiger partial charge in [-0.15, -0.1) is 5.10 Å². The van der Waals surface area contributed by atoms with Crippen molar-refractivity contribution < 1.29 is 9.53 Å². The van der Waals surface area contributed by atoms with Crippen molar-refractivity contribution in [3.05, 3.63) is 64.7 Å². The highest BCUT2D eigenvalue weighted by Gasteiger charge is 2.35. The second-order valence-electron chi connectivity index (χ2n) is 7.16. The molecule has 0 bridgehead atoms. The minimum absolute atomic E-state index is 0.150. The molecule has 2 aromatic rings. The topological polar surface area (TPSA) is 66.3 Å². The highest BCUT2D eigenvalue weighted by molar-refractivity contribution is 8.13. The van der Waals surface area contributed by atoms with Crippen molar-refractivity contribution >= 4 is 28.5 Å². The summed E-state index contributed by atoms with van der Waals surface area (Å²) in [4.78, 5) is 18.1. The van der Waals surface area contributed by atoms with Crippen LogP contribution in [0.2, 0.25) is 0 Å². The number of unbranched alkanes of at least 4 members (excludes halogenated alkanes) is 1. The van der Waals surface area contributed by atoms with E-state index in [4.69, 9.17) is 14.8 Å². The molecule has 0 aromatic heterocycles. The predicted molar refractivity (Wildman–Crippen MR) is 120 cm³/mol. The van der Waals surface area contributed by atoms with Crippen molar-refractivity contribution in [3.8, 4) is 5.75 Å². The zero-order valence-corrected chi connectivity index (χ0v) is 18.1. The Morgan fingerprint density at radius 3 is 2.73 bits per heavy atom. The van der Waals surface area contributed by atoms with E-state index in [0.717, 1.165) is 46.9 Å². The van der Waals surface area contributed by atoms with Crippen molar-refractivity contribution in [1.82, 2.24) is 10.3 Å². The van der Waals surface area contributed by atoms with Gasteiger partial charge in [0.05, 0.1) is 12.0 Å². The van der Waals surface area contributed by atoms with Crippen molar-refractivity contribution in [3.63, 3.8) is 0 Å². The quantitative estimate of drug-likeness (QED) is 0.696. The molecule has 0 aliphatic carbocycles. The number of carbonyl (C=O) groups is 1. The molecule has 0 radical (unpaired) electrons. The number of benzene rings is 2. The number of hydrogen-bond donors (Lipinski definition) is 1. The van der Waals surface area contributed by atoms with Gasteiger partial charge in [0.15, 0.2) is 11.3 Å². The van der Waals surface area contributed by atoms with Crippen LogP contribution in [0.3, 0.4) is 0 Å². The molecule has 30 heavy (non-hydrogen) atoms. The van der Waals surface area contributed by atoms with E-state index < -0.39 is 6.17 Å². The number of hydrogen-bond acceptors (Lipinski definition) is 6. The van der Waals surface area contributed by atoms with Gasteiger partial charge in [0.25, 0.3) is 5.91 Å². The zero-order chi connectivity index (χ0) is 20.9. The summed E-state index contributed by atoms with van der Waals surface area (Å²) in [6.45, 7) is 4.85. The van der Waals surface area contributed by atoms with Crippen molar-refractivity contribution in [2.24, 2.45) is 10.1 Å². The number of rotatable bonds is 7. The Morgan fingerprint density at radius 2 is 1.90 bits per heavy atom. The van der Waals surface area contributed by atoms with Gasteiger partial charge in [-0.3, -0.25) is 15.1 Å². The molecule has 0 saturated carbocycles. The monoisotopic (exact) mass is 422 g/mol. The maximum atomic E-state index is 13.1. The lowest BCUT2D eigenvalue weighted by atomic mass is 10.1. The molecule has 1 amide bonds. The second kappa shape index (κ2) is 9.34. The first-order chi connectivity index (χ1) is 14.7. The SMILES string of the molecule is CCCCSC1=NN2C(=c3ccccc3=NC2c2ccccc2OCCC)C(=O)N1. The Bertz CT molecular complexity index is 1080. The van der Waals surface area contributed by atoms with Crippen LogP contribution >= 0.6 is 11.8 Å². The van der Waals surface area contributed by atoms with Gasteiger partial charge in [0, 0.05) is 16.5 Å². The number of ether oxygens (including phenoxy) is 1. The average Bonchev–Trinajstić information content (AvgIpc) is 2.77. The maximum absolute atomic E-state index is 13.1. The molecule has 156 valence electrons. The molecule has 7 heteroatoms. The molecule has 1 atom stereocenters. The minimum Gasteiger partial charge on any atom is -0.493 e. The smallest absolute Gasteiger partial charge is 0.276 e. The first-order valence-electron chi connectivity index (χ1n) is 10.4. The van der Waals surface area contributed by atoms with E-state index in [1.54, 1.807) is 16.8 Å². The Hall–Kier alpha value is -2.80. The van der Waals surface area contributed by atoms with Crippen molar-refractivity contribution in [2.45, 2.75) is 39.3 Å². The molecule has 6 nitrogen and oxygen atoms in total. The highest BCUT2D eigenvalue weighted by atomic mass is 32.2. The number of carbonyl (C=O) groups excluding carboxylic acids is 1. The summed E-state index contributed by atoms with van der Waals surface area (Å²) < 4.78 is 5.99. The lowest BCUT2D eigenvalue weighted by molar-refractivity contribution is -0.116. The molecule has 1 N–H and O–H groups in total. The molecular formula is C23H26N4O2S. The van der Waals surface area contributed by atoms with E-state index in [0.29, 0.717) is 17.5 Å². The Morgan fingerprint density at radius 1 is 1.10 bits per heavy atom. The number of thioether (sulfide) groups is 1. The number of para-hydroxylation sites is 2. The molecule has 2 aromatic carbocycles. The number of nitrogens with one attached hydrogen (secondary N) is 1. The van der Waals surface area contributed by atoms with Crippen LogP contribution in [-0.4, -0.2) is 28.4 Å². The van der Waals surface area contributed by atoms with Crippen molar-refractivity contribution in [1.29, 1.82) is 0 Å². The van der Waals surface area contributed by atoms with Crippen LogP contribution in [0.1, 0.15) is 44.8 Å². The summed E-state index contributed by atoms with van der Waals surface area (Å²) in [5, 5.41) is 11.7. The van der Waals surface area contributed by atoms with Crippen LogP contribution in [0.5, 0.6) is 5.75 Å². The predicted octanol–water partition coefficient (Wildman–Crippen LogP) is 3.15. The second-order valence-corrected chi connectivity index (χ2v) is 8.24. The van der Waals surface area contributed by atoms with Gasteiger partial charge in [-0.05, 0) is 25.0 Å². The van der Waals surface area contributed by atoms with Gasteiger partial charge in [-0.25, -0.2) is 5.01 Å². The third-order valence-corrected chi connectivity index (χ3v) is 5.86. The first-order valence-corrected chi connectivity index (χ1v) is 11.4. The molecule has 2 aliphatic rings. The summed E-state index contributed by atoms with van der Waals surface area (Å²) in [6.07, 6.45) is 2.62. The fraction of sp³-hybridized carbons (Fsp3) is 0.348. The summed E-state index contributed by atoms with van der Waals surface area (Å²) in [5.41, 5.74) is 1.42. The third-order valence-electron chi connectivity index (χ3n) is 4.91. The van der Waals surface area contributed by atoms with Gasteiger partial charge in [0.2, 0.25) is 0 Å². The molecular weight excluding hydrogens is 396 g/mol. The van der Waals surface area contributed by atoms with E-state index in [1.165, 1.54) is 0 Å². The van der Waals surface area contributed by atoms with Crippen LogP contribution in [-0.2, 0) is 4.79 Å². The van der Waals surface area contributed by atoms with E-state index in [1.807, 2.05) is 48.5 Å². The van der Waals surface area contributed by atoms with Crippen molar-refractivity contribution in [2.75, 3.05) is 12.4 Å². The van der Waals surface area contributed by atoms with Crippen LogP contribution in [0, 0.1) is 0 Å². The summed E-state index contributed by atoms with van der Waals surface area (Å²) in [6, 6.07) is 15.6. The van der Waals surface area contributed by atoms with Gasteiger partial charge in [-0.2, -0.15) is 0 Å². The number of amidine groups is 1. The summed E-state index contributed by atoms with van der Waals surface area (Å²) in [5.74, 6) is 1.53. The van der Waals surface area contributed by atoms with Gasteiger partial charge in [0.1, 0.15) is 11.4 Å². The Kier molecular flexibility index (Phi) is 6.38. The maximum Gasteiger partial charge on any atom is 0.276 e. The molecule has 0 fully saturated rings. The van der Waals surface area contributed by atoms with E-state index in [2.05, 4.69) is 19.2 Å². The highest BCUT2D eigenvalue weighted by Crippen LogP contribution is 2.35. The molecule has 0 saturated heterocycles. The fourth-order valence-corrected chi connectivity index (χ4v) is 4.38. The van der Waals surface area contributed by atoms with E-state index in [-0.39, 0.29) is 5.91 Å². The van der Waals surface area contributed by atoms with Crippen LogP contribution in [0.15, 0.2) is 58.6 Å². The molecule has 4 rings (SSSR count). The van der Waals surface area contributed by atoms with Crippen LogP contribution in [0.25, 0.3) is 5.70 Å².